The van der Waals surface area contributed by atoms with Crippen LogP contribution in [0.3, 0.4) is 0 Å². The van der Waals surface area contributed by atoms with Gasteiger partial charge in [0.15, 0.2) is 8.32 Å². The van der Waals surface area contributed by atoms with Crippen molar-refractivity contribution in [3.05, 3.63) is 29.3 Å². The van der Waals surface area contributed by atoms with Crippen LogP contribution in [0.5, 0.6) is 0 Å². The highest BCUT2D eigenvalue weighted by atomic mass is 32.1. The molecule has 4 rings (SSSR count). The summed E-state index contributed by atoms with van der Waals surface area (Å²) >= 11 is 1.50. The fourth-order valence-corrected chi connectivity index (χ4v) is 6.99. The first-order chi connectivity index (χ1) is 13.8. The summed E-state index contributed by atoms with van der Waals surface area (Å²) in [6.45, 7) is 14.9. The highest BCUT2D eigenvalue weighted by Gasteiger charge is 2.61. The van der Waals surface area contributed by atoms with Crippen LogP contribution < -0.4 is 0 Å². The summed E-state index contributed by atoms with van der Waals surface area (Å²) in [4.78, 5) is 32.7. The van der Waals surface area contributed by atoms with Crippen LogP contribution in [0, 0.1) is 11.8 Å². The van der Waals surface area contributed by atoms with Crippen LogP contribution in [0.25, 0.3) is 10.4 Å². The van der Waals surface area contributed by atoms with Crippen molar-refractivity contribution in [1.82, 2.24) is 14.3 Å². The van der Waals surface area contributed by atoms with E-state index in [0.29, 0.717) is 0 Å². The zero-order chi connectivity index (χ0) is 22.2. The number of carboxylic acid groups (broad SMARTS) is 1. The Labute approximate surface area is 181 Å². The lowest BCUT2D eigenvalue weighted by Crippen LogP contribution is -2.65. The molecule has 30 heavy (non-hydrogen) atoms. The number of carbonyl (C=O) groups excluding carboxylic acids is 1. The number of carboxylic acids is 1. The van der Waals surface area contributed by atoms with Crippen molar-refractivity contribution >= 4 is 41.9 Å². The van der Waals surface area contributed by atoms with Crippen molar-refractivity contribution < 1.29 is 19.1 Å². The van der Waals surface area contributed by atoms with E-state index < -0.39 is 14.3 Å². The van der Waals surface area contributed by atoms with Gasteiger partial charge in [0.25, 0.3) is 0 Å². The Bertz CT molecular complexity index is 1040. The van der Waals surface area contributed by atoms with Crippen LogP contribution >= 0.6 is 11.3 Å². The summed E-state index contributed by atoms with van der Waals surface area (Å²) in [5, 5.41) is 9.99. The summed E-state index contributed by atoms with van der Waals surface area (Å²) in [5.74, 6) is -1.61. The number of hydrogen-bond acceptors (Lipinski definition) is 5. The van der Waals surface area contributed by atoms with E-state index in [0.717, 1.165) is 15.3 Å². The molecule has 2 aliphatic rings. The van der Waals surface area contributed by atoms with E-state index in [1.807, 2.05) is 24.4 Å². The molecule has 4 atom stereocenters. The maximum atomic E-state index is 13.1. The molecule has 1 saturated heterocycles. The summed E-state index contributed by atoms with van der Waals surface area (Å²) in [6.07, 6.45) is 5.11. The number of amides is 1. The van der Waals surface area contributed by atoms with E-state index in [1.54, 1.807) is 12.5 Å². The molecule has 7 nitrogen and oxygen atoms in total. The molecule has 1 amide bonds. The molecule has 162 valence electrons. The van der Waals surface area contributed by atoms with Gasteiger partial charge in [-0.3, -0.25) is 9.20 Å². The molecule has 1 N–H and O–H groups in total. The Morgan fingerprint density at radius 2 is 2.03 bits per heavy atom. The molecular formula is C21H29N3O4SSi. The lowest BCUT2D eigenvalue weighted by atomic mass is 9.77. The first-order valence-corrected chi connectivity index (χ1v) is 14.0. The fraction of sp³-hybridized carbons (Fsp3) is 0.571. The van der Waals surface area contributed by atoms with E-state index in [4.69, 9.17) is 4.43 Å². The molecule has 0 unspecified atom stereocenters. The fourth-order valence-electron chi connectivity index (χ4n) is 4.45. The van der Waals surface area contributed by atoms with Crippen LogP contribution in [-0.4, -0.2) is 51.7 Å². The van der Waals surface area contributed by atoms with E-state index in [2.05, 4.69) is 38.8 Å². The van der Waals surface area contributed by atoms with Gasteiger partial charge < -0.3 is 14.4 Å². The molecule has 0 aromatic carbocycles. The second kappa shape index (κ2) is 6.76. The van der Waals surface area contributed by atoms with Crippen molar-refractivity contribution in [3.8, 4) is 0 Å². The zero-order valence-corrected chi connectivity index (χ0v) is 20.3. The molecular weight excluding hydrogens is 418 g/mol. The molecule has 0 spiro atoms. The third kappa shape index (κ3) is 2.97. The Kier molecular flexibility index (Phi) is 4.79. The lowest BCUT2D eigenvalue weighted by Gasteiger charge is -2.50. The molecule has 2 aromatic heterocycles. The highest BCUT2D eigenvalue weighted by molar-refractivity contribution is 7.18. The average molecular weight is 448 g/mol. The minimum Gasteiger partial charge on any atom is -0.477 e. The summed E-state index contributed by atoms with van der Waals surface area (Å²) in [5.41, 5.74) is 0.849. The van der Waals surface area contributed by atoms with Crippen molar-refractivity contribution in [3.63, 3.8) is 0 Å². The average Bonchev–Trinajstić information content (AvgIpc) is 3.24. The van der Waals surface area contributed by atoms with E-state index in [1.165, 1.54) is 16.2 Å². The Morgan fingerprint density at radius 3 is 2.60 bits per heavy atom. The third-order valence-corrected chi connectivity index (χ3v) is 12.7. The third-order valence-electron chi connectivity index (χ3n) is 7.01. The molecule has 9 heteroatoms. The molecule has 0 bridgehead atoms. The number of rotatable bonds is 5. The molecule has 0 radical (unpaired) electrons. The minimum atomic E-state index is -2.05. The Hall–Kier alpha value is -1.97. The van der Waals surface area contributed by atoms with Gasteiger partial charge in [0, 0.05) is 17.7 Å². The number of aliphatic carboxylic acids is 1. The van der Waals surface area contributed by atoms with Crippen LogP contribution in [0.2, 0.25) is 18.1 Å². The van der Waals surface area contributed by atoms with Gasteiger partial charge >= 0.3 is 5.97 Å². The van der Waals surface area contributed by atoms with Gasteiger partial charge in [0.2, 0.25) is 5.91 Å². The predicted molar refractivity (Wildman–Crippen MR) is 119 cm³/mol. The topological polar surface area (TPSA) is 84.1 Å². The van der Waals surface area contributed by atoms with Gasteiger partial charge in [-0.25, -0.2) is 9.78 Å². The monoisotopic (exact) mass is 447 g/mol. The normalized spacial score (nSPS) is 25.6. The Morgan fingerprint density at radius 1 is 1.37 bits per heavy atom. The van der Waals surface area contributed by atoms with Crippen molar-refractivity contribution in [2.24, 2.45) is 11.8 Å². The number of aromatic nitrogens is 2. The molecule has 0 saturated carbocycles. The number of thiazole rings is 1. The SMILES string of the molecule is C[C@@H](O[Si](C)(C)C(C)(C)C)[C@H]1C(=O)N2C(C(=O)O)=C(c3cn4cncc4s3)[C@H](C)[C@H]12. The smallest absolute Gasteiger partial charge is 0.352 e. The first-order valence-electron chi connectivity index (χ1n) is 10.3. The summed E-state index contributed by atoms with van der Waals surface area (Å²) in [6, 6.07) is -0.182. The number of carbonyl (C=O) groups is 2. The van der Waals surface area contributed by atoms with E-state index >= 15 is 0 Å². The first kappa shape index (κ1) is 21.3. The number of fused-ring (bicyclic) bond motifs is 2. The standard InChI is InChI=1S/C21H29N3O4SSi/c1-11-15(13-9-23-10-22-8-14(23)29-13)18(20(26)27)24-17(11)16(19(24)25)12(2)28-30(6,7)21(3,4)5/h8-12,16-17H,1-7H3,(H,26,27)/t11-,12+,16+,17+/m0/s1. The van der Waals surface area contributed by atoms with Gasteiger partial charge in [-0.05, 0) is 25.1 Å². The van der Waals surface area contributed by atoms with E-state index in [-0.39, 0.29) is 40.6 Å². The number of hydrogen-bond donors (Lipinski definition) is 1. The maximum absolute atomic E-state index is 13.1. The summed E-state index contributed by atoms with van der Waals surface area (Å²) < 4.78 is 8.41. The van der Waals surface area contributed by atoms with Gasteiger partial charge in [-0.1, -0.05) is 27.7 Å². The molecule has 4 heterocycles. The van der Waals surface area contributed by atoms with Crippen LogP contribution in [0.1, 0.15) is 39.5 Å². The molecule has 1 fully saturated rings. The molecule has 2 aliphatic heterocycles. The maximum Gasteiger partial charge on any atom is 0.352 e. The number of β-lactam (4-membered cyclic amide) rings is 1. The van der Waals surface area contributed by atoms with Gasteiger partial charge in [-0.2, -0.15) is 0 Å². The number of imidazole rings is 1. The molecule has 0 aliphatic carbocycles. The second-order valence-corrected chi connectivity index (χ2v) is 15.7. The lowest BCUT2D eigenvalue weighted by molar-refractivity contribution is -0.162. The van der Waals surface area contributed by atoms with Crippen molar-refractivity contribution in [1.29, 1.82) is 0 Å². The number of nitrogens with zero attached hydrogens (tertiary/aromatic N) is 3. The largest absolute Gasteiger partial charge is 0.477 e. The van der Waals surface area contributed by atoms with Gasteiger partial charge in [0.05, 0.1) is 35.5 Å². The van der Waals surface area contributed by atoms with E-state index in [9.17, 15) is 14.7 Å². The van der Waals surface area contributed by atoms with Crippen LogP contribution in [-0.2, 0) is 14.0 Å². The molecule has 2 aromatic rings. The van der Waals surface area contributed by atoms with Crippen LogP contribution in [0.15, 0.2) is 24.4 Å². The van der Waals surface area contributed by atoms with Gasteiger partial charge in [0.1, 0.15) is 10.5 Å². The zero-order valence-electron chi connectivity index (χ0n) is 18.5. The summed E-state index contributed by atoms with van der Waals surface area (Å²) in [7, 11) is -2.05. The van der Waals surface area contributed by atoms with Gasteiger partial charge in [-0.15, -0.1) is 11.3 Å². The van der Waals surface area contributed by atoms with Crippen molar-refractivity contribution in [2.75, 3.05) is 0 Å². The van der Waals surface area contributed by atoms with Crippen LogP contribution in [0.4, 0.5) is 0 Å². The minimum absolute atomic E-state index is 0.0392. The quantitative estimate of drug-likeness (QED) is 0.551. The van der Waals surface area contributed by atoms with Crippen molar-refractivity contribution in [2.45, 2.75) is 64.9 Å². The Balaban J connectivity index is 1.67. The highest BCUT2D eigenvalue weighted by Crippen LogP contribution is 2.52. The second-order valence-electron chi connectivity index (χ2n) is 9.90. The predicted octanol–water partition coefficient (Wildman–Crippen LogP) is 4.08.